The van der Waals surface area contributed by atoms with Crippen LogP contribution < -0.4 is 15.4 Å². The van der Waals surface area contributed by atoms with Crippen LogP contribution in [-0.4, -0.2) is 32.6 Å². The molecule has 0 amide bonds. The first kappa shape index (κ1) is 21.5. The lowest BCUT2D eigenvalue weighted by Gasteiger charge is -2.21. The van der Waals surface area contributed by atoms with E-state index in [1.165, 1.54) is 6.07 Å². The van der Waals surface area contributed by atoms with Gasteiger partial charge in [-0.2, -0.15) is 13.2 Å². The van der Waals surface area contributed by atoms with Crippen LogP contribution in [-0.2, 0) is 11.3 Å². The maximum absolute atomic E-state index is 12.3. The van der Waals surface area contributed by atoms with Crippen molar-refractivity contribution >= 4 is 40.0 Å². The zero-order valence-corrected chi connectivity index (χ0v) is 15.2. The van der Waals surface area contributed by atoms with E-state index in [1.807, 2.05) is 0 Å². The molecule has 0 aliphatic carbocycles. The van der Waals surface area contributed by atoms with E-state index in [0.717, 1.165) is 6.07 Å². The van der Waals surface area contributed by atoms with Gasteiger partial charge in [-0.3, -0.25) is 4.21 Å². The maximum atomic E-state index is 12.3. The fourth-order valence-corrected chi connectivity index (χ4v) is 2.73. The predicted octanol–water partition coefficient (Wildman–Crippen LogP) is 4.09. The Balaban J connectivity index is 2.37. The summed E-state index contributed by atoms with van der Waals surface area (Å²) >= 11 is -2.74. The van der Waals surface area contributed by atoms with Crippen molar-refractivity contribution in [1.29, 1.82) is 0 Å². The molecule has 0 radical (unpaired) electrons. The molecule has 2 rings (SSSR count). The second-order valence-electron chi connectivity index (χ2n) is 5.72. The lowest BCUT2D eigenvalue weighted by atomic mass is 10.1. The van der Waals surface area contributed by atoms with Crippen molar-refractivity contribution in [1.82, 2.24) is 0 Å². The molecular formula is C17H17F3N3O4S-. The molecule has 0 saturated carbocycles. The highest BCUT2D eigenvalue weighted by atomic mass is 32.2. The van der Waals surface area contributed by atoms with Gasteiger partial charge in [0.05, 0.1) is 22.6 Å². The molecule has 1 unspecified atom stereocenters. The van der Waals surface area contributed by atoms with Gasteiger partial charge in [0.25, 0.3) is 0 Å². The Morgan fingerprint density at radius 1 is 1.14 bits per heavy atom. The van der Waals surface area contributed by atoms with Gasteiger partial charge >= 0.3 is 12.1 Å². The number of carboxylic acids is 1. The highest BCUT2D eigenvalue weighted by Gasteiger charge is 2.26. The number of alkyl halides is 3. The lowest BCUT2D eigenvalue weighted by Crippen LogP contribution is -2.13. The Bertz CT molecular complexity index is 848. The van der Waals surface area contributed by atoms with Crippen LogP contribution in [0, 0.1) is 0 Å². The van der Waals surface area contributed by atoms with Gasteiger partial charge < -0.3 is 25.0 Å². The molecule has 0 spiro atoms. The number of rotatable bonds is 9. The number of nitrogens with one attached hydrogen (secondary N) is 3. The third kappa shape index (κ3) is 6.74. The predicted molar refractivity (Wildman–Crippen MR) is 99.4 cm³/mol. The van der Waals surface area contributed by atoms with E-state index in [4.69, 9.17) is 0 Å². The van der Waals surface area contributed by atoms with Crippen LogP contribution in [0.1, 0.15) is 23.2 Å². The minimum Gasteiger partial charge on any atom is -0.755 e. The van der Waals surface area contributed by atoms with Crippen LogP contribution in [0.15, 0.2) is 42.5 Å². The zero-order chi connectivity index (χ0) is 20.7. The molecule has 0 aromatic heterocycles. The van der Waals surface area contributed by atoms with E-state index >= 15 is 0 Å². The average molecular weight is 416 g/mol. The van der Waals surface area contributed by atoms with Crippen molar-refractivity contribution in [3.05, 3.63) is 48.0 Å². The van der Waals surface area contributed by atoms with Gasteiger partial charge in [0.1, 0.15) is 0 Å². The quantitative estimate of drug-likeness (QED) is 0.362. The minimum atomic E-state index is -4.30. The molecule has 2 aromatic rings. The largest absolute Gasteiger partial charge is 0.755 e. The summed E-state index contributed by atoms with van der Waals surface area (Å²) in [5, 5.41) is 15.0. The molecule has 7 nitrogen and oxygen atoms in total. The number of carboxylic acid groups (broad SMARTS) is 1. The van der Waals surface area contributed by atoms with Crippen LogP contribution in [0.2, 0.25) is 0 Å². The smallest absolute Gasteiger partial charge is 0.389 e. The second-order valence-corrected chi connectivity index (χ2v) is 6.40. The number of hydrogen-bond donors (Lipinski definition) is 4. The van der Waals surface area contributed by atoms with Crippen molar-refractivity contribution in [2.75, 3.05) is 21.9 Å². The van der Waals surface area contributed by atoms with Crippen LogP contribution in [0.4, 0.5) is 35.9 Å². The van der Waals surface area contributed by atoms with Gasteiger partial charge in [-0.15, -0.1) is 0 Å². The first-order valence-corrected chi connectivity index (χ1v) is 9.13. The Kier molecular flexibility index (Phi) is 7.24. The first-order chi connectivity index (χ1) is 13.2. The third-order valence-electron chi connectivity index (χ3n) is 3.57. The molecule has 1 atom stereocenters. The molecule has 11 heteroatoms. The number of anilines is 4. The van der Waals surface area contributed by atoms with Gasteiger partial charge in [-0.1, -0.05) is 18.2 Å². The zero-order valence-electron chi connectivity index (χ0n) is 14.4. The Hall–Kier alpha value is -2.79. The van der Waals surface area contributed by atoms with Crippen LogP contribution in [0.25, 0.3) is 0 Å². The number of halogens is 3. The second kappa shape index (κ2) is 9.42. The number of carbonyl (C=O) groups is 1. The average Bonchev–Trinajstić information content (AvgIpc) is 2.60. The fourth-order valence-electron chi connectivity index (χ4n) is 2.39. The van der Waals surface area contributed by atoms with Gasteiger partial charge in [0, 0.05) is 29.9 Å². The number of para-hydroxylation sites is 1. The molecule has 28 heavy (non-hydrogen) atoms. The molecule has 152 valence electrons. The molecule has 0 heterocycles. The molecule has 0 bridgehead atoms. The number of hydrogen-bond acceptors (Lipinski definition) is 5. The summed E-state index contributed by atoms with van der Waals surface area (Å²) < 4.78 is 61.3. The first-order valence-electron chi connectivity index (χ1n) is 8.05. The Morgan fingerprint density at radius 3 is 2.36 bits per heavy atom. The Morgan fingerprint density at radius 2 is 1.79 bits per heavy atom. The van der Waals surface area contributed by atoms with Crippen LogP contribution >= 0.6 is 0 Å². The van der Waals surface area contributed by atoms with Gasteiger partial charge in [-0.05, 0) is 30.7 Å². The molecule has 4 N–H and O–H groups in total. The van der Waals surface area contributed by atoms with Crippen molar-refractivity contribution in [3.63, 3.8) is 0 Å². The van der Waals surface area contributed by atoms with E-state index in [9.17, 15) is 31.8 Å². The van der Waals surface area contributed by atoms with Crippen molar-refractivity contribution in [3.8, 4) is 0 Å². The van der Waals surface area contributed by atoms with Crippen molar-refractivity contribution in [2.45, 2.75) is 19.0 Å². The summed E-state index contributed by atoms with van der Waals surface area (Å²) in [6.45, 7) is -0.0913. The summed E-state index contributed by atoms with van der Waals surface area (Å²) in [4.78, 5) is 11.3. The standard InChI is InChI=1S/C17H18F3N3O4S/c18-17(19,20)7-4-8-21-13-9-11(16(24)25)10-14(23-28(26)27)15(13)22-12-5-2-1-3-6-12/h1-3,5-6,9-10,21-23H,4,7-8H2,(H,24,25)(H,26,27)/p-1. The van der Waals surface area contributed by atoms with Crippen LogP contribution in [0.5, 0.6) is 0 Å². The van der Waals surface area contributed by atoms with E-state index in [1.54, 1.807) is 30.3 Å². The lowest BCUT2D eigenvalue weighted by molar-refractivity contribution is -0.134. The molecule has 2 aromatic carbocycles. The molecule has 0 aliphatic rings. The summed E-state index contributed by atoms with van der Waals surface area (Å²) in [5.41, 5.74) is 0.621. The van der Waals surface area contributed by atoms with Gasteiger partial charge in [0.2, 0.25) is 0 Å². The summed E-state index contributed by atoms with van der Waals surface area (Å²) in [6, 6.07) is 10.9. The van der Waals surface area contributed by atoms with E-state index in [-0.39, 0.29) is 35.6 Å². The molecule has 0 aliphatic heterocycles. The molecular weight excluding hydrogens is 399 g/mol. The molecule has 0 fully saturated rings. The highest BCUT2D eigenvalue weighted by Crippen LogP contribution is 2.35. The topological polar surface area (TPSA) is 114 Å². The van der Waals surface area contributed by atoms with Crippen LogP contribution in [0.3, 0.4) is 0 Å². The maximum Gasteiger partial charge on any atom is 0.389 e. The Labute approximate surface area is 161 Å². The molecule has 0 saturated heterocycles. The van der Waals surface area contributed by atoms with E-state index in [2.05, 4.69) is 15.4 Å². The van der Waals surface area contributed by atoms with Crippen molar-refractivity contribution in [2.24, 2.45) is 0 Å². The third-order valence-corrected chi connectivity index (χ3v) is 3.96. The minimum absolute atomic E-state index is 0.0598. The SMILES string of the molecule is O=C(O)c1cc(NCCCC(F)(F)F)c(Nc2ccccc2)c(NS(=O)[O-])c1. The fraction of sp³-hybridized carbons (Fsp3) is 0.235. The number of aromatic carboxylic acids is 1. The van der Waals surface area contributed by atoms with E-state index < -0.39 is 29.8 Å². The van der Waals surface area contributed by atoms with E-state index in [0.29, 0.717) is 5.69 Å². The van der Waals surface area contributed by atoms with Gasteiger partial charge in [-0.25, -0.2) is 4.79 Å². The highest BCUT2D eigenvalue weighted by molar-refractivity contribution is 7.80. The monoisotopic (exact) mass is 416 g/mol. The summed E-state index contributed by atoms with van der Waals surface area (Å²) in [5.74, 6) is -1.32. The number of benzene rings is 2. The van der Waals surface area contributed by atoms with Gasteiger partial charge in [0.15, 0.2) is 0 Å². The summed E-state index contributed by atoms with van der Waals surface area (Å²) in [7, 11) is 0. The normalized spacial score (nSPS) is 12.3. The summed E-state index contributed by atoms with van der Waals surface area (Å²) in [6.07, 6.45) is -5.54. The van der Waals surface area contributed by atoms with Crippen molar-refractivity contribution < 1.29 is 31.8 Å².